The highest BCUT2D eigenvalue weighted by atomic mass is 31.2. The fraction of sp³-hybridized carbons (Fsp3) is 0. The Morgan fingerprint density at radius 2 is 1.22 bits per heavy atom. The highest BCUT2D eigenvalue weighted by Crippen LogP contribution is 2.25. The van der Waals surface area contributed by atoms with Crippen LogP contribution in [0.5, 0.6) is 0 Å². The lowest BCUT2D eigenvalue weighted by atomic mass is 12.6. The summed E-state index contributed by atoms with van der Waals surface area (Å²) in [6.45, 7) is 0. The van der Waals surface area contributed by atoms with Gasteiger partial charge < -0.3 is 20.2 Å². The normalized spacial score (nSPS) is 8.56. The number of hydrazine groups is 2. The fourth-order valence-corrected chi connectivity index (χ4v) is 0. The summed E-state index contributed by atoms with van der Waals surface area (Å²) in [5, 5.41) is 0. The van der Waals surface area contributed by atoms with Crippen LogP contribution >= 0.6 is 7.82 Å². The molecule has 0 aliphatic heterocycles. The van der Waals surface area contributed by atoms with Crippen molar-refractivity contribution in [1.29, 1.82) is 0 Å². The smallest absolute Gasteiger partial charge is 0.412 e. The molecule has 8 nitrogen and oxygen atoms in total. The largest absolute Gasteiger partial charge is 0.466 e. The lowest BCUT2D eigenvalue weighted by Gasteiger charge is -1.82. The second-order valence-electron chi connectivity index (χ2n) is 0.680. The van der Waals surface area contributed by atoms with Crippen molar-refractivity contribution < 1.29 is 24.7 Å². The van der Waals surface area contributed by atoms with Crippen LogP contribution in [0.2, 0.25) is 0 Å². The Morgan fingerprint density at radius 1 is 1.22 bits per heavy atom. The standard InChI is InChI=1S/H5N3.H3O4P.H2O/c1-3-2;1-5(2,3)4;/h3H,1-2H2;(H3,1,2,3,4);1H2. The van der Waals surface area contributed by atoms with E-state index in [9.17, 15) is 0 Å². The lowest BCUT2D eigenvalue weighted by molar-refractivity contribution is 0.275. The number of phosphoric acid groups is 1. The number of nitrogens with two attached hydrogens (primary N) is 2. The summed E-state index contributed by atoms with van der Waals surface area (Å²) in [5.41, 5.74) is 1.75. The molecule has 10 N–H and O–H groups in total. The van der Waals surface area contributed by atoms with E-state index in [1.807, 2.05) is 0 Å². The maximum atomic E-state index is 8.88. The van der Waals surface area contributed by atoms with Crippen LogP contribution in [0.3, 0.4) is 0 Å². The van der Waals surface area contributed by atoms with Crippen molar-refractivity contribution >= 4 is 7.82 Å². The maximum Gasteiger partial charge on any atom is 0.466 e. The van der Waals surface area contributed by atoms with Crippen molar-refractivity contribution in [2.75, 3.05) is 0 Å². The molecule has 0 fully saturated rings. The summed E-state index contributed by atoms with van der Waals surface area (Å²) in [6.07, 6.45) is 0. The first-order valence-corrected chi connectivity index (χ1v) is 2.93. The Hall–Kier alpha value is -0.0500. The molecular formula is H10N3O5P. The molecule has 60 valence electrons. The molecule has 0 aromatic rings. The highest BCUT2D eigenvalue weighted by Gasteiger charge is 2.00. The lowest BCUT2D eigenvalue weighted by Crippen LogP contribution is -2.29. The SMILES string of the molecule is NNN.O.O=P(O)(O)O. The van der Waals surface area contributed by atoms with E-state index in [1.54, 1.807) is 5.53 Å². The van der Waals surface area contributed by atoms with Gasteiger partial charge in [0.2, 0.25) is 0 Å². The zero-order valence-electron chi connectivity index (χ0n) is 4.35. The average Bonchev–Trinajstić information content (AvgIpc) is 1.27. The molecule has 0 atom stereocenters. The Kier molecular flexibility index (Phi) is 14.1. The van der Waals surface area contributed by atoms with Crippen molar-refractivity contribution in [2.45, 2.75) is 0 Å². The molecule has 0 radical (unpaired) electrons. The van der Waals surface area contributed by atoms with E-state index in [-0.39, 0.29) is 5.48 Å². The first-order chi connectivity index (χ1) is 3.41. The van der Waals surface area contributed by atoms with Crippen LogP contribution in [0.4, 0.5) is 0 Å². The van der Waals surface area contributed by atoms with Gasteiger partial charge in [-0.3, -0.25) is 11.7 Å². The summed E-state index contributed by atoms with van der Waals surface area (Å²) in [5.74, 6) is 8.75. The van der Waals surface area contributed by atoms with Gasteiger partial charge in [-0.1, -0.05) is 0 Å². The van der Waals surface area contributed by atoms with E-state index >= 15 is 0 Å². The topological polar surface area (TPSA) is 173 Å². The predicted molar refractivity (Wildman–Crippen MR) is 29.4 cm³/mol. The molecule has 0 unspecified atom stereocenters. The molecule has 0 aliphatic rings. The van der Waals surface area contributed by atoms with Gasteiger partial charge in [0.25, 0.3) is 0 Å². The van der Waals surface area contributed by atoms with E-state index < -0.39 is 7.82 Å². The number of hydrogen-bond donors (Lipinski definition) is 6. The van der Waals surface area contributed by atoms with Crippen LogP contribution < -0.4 is 17.2 Å². The minimum absolute atomic E-state index is 0. The summed E-state index contributed by atoms with van der Waals surface area (Å²) in [4.78, 5) is 21.6. The van der Waals surface area contributed by atoms with Crippen molar-refractivity contribution in [2.24, 2.45) is 11.7 Å². The molecule has 9 heteroatoms. The number of hydrogen-bond acceptors (Lipinski definition) is 4. The van der Waals surface area contributed by atoms with Gasteiger partial charge in [0.05, 0.1) is 0 Å². The molecule has 0 bridgehead atoms. The summed E-state index contributed by atoms with van der Waals surface area (Å²) in [6, 6.07) is 0. The Balaban J connectivity index is -0.0000000800. The summed E-state index contributed by atoms with van der Waals surface area (Å²) < 4.78 is 8.88. The van der Waals surface area contributed by atoms with Gasteiger partial charge in [-0.25, -0.2) is 4.57 Å². The number of rotatable bonds is 0. The van der Waals surface area contributed by atoms with Crippen LogP contribution in [0.25, 0.3) is 0 Å². The fourth-order valence-electron chi connectivity index (χ4n) is 0. The van der Waals surface area contributed by atoms with Crippen LogP contribution in [-0.4, -0.2) is 20.2 Å². The second-order valence-corrected chi connectivity index (χ2v) is 1.71. The van der Waals surface area contributed by atoms with E-state index in [4.69, 9.17) is 19.2 Å². The summed E-state index contributed by atoms with van der Waals surface area (Å²) >= 11 is 0. The van der Waals surface area contributed by atoms with Crippen LogP contribution in [-0.2, 0) is 4.57 Å². The minimum atomic E-state index is -4.64. The number of nitrogens with one attached hydrogen (secondary N) is 1. The molecule has 0 saturated heterocycles. The maximum absolute atomic E-state index is 8.88. The quantitative estimate of drug-likeness (QED) is 0.122. The van der Waals surface area contributed by atoms with Crippen molar-refractivity contribution in [3.8, 4) is 0 Å². The molecule has 0 amide bonds. The van der Waals surface area contributed by atoms with E-state index in [1.165, 1.54) is 0 Å². The molecule has 0 aromatic carbocycles. The molecule has 0 saturated carbocycles. The third kappa shape index (κ3) is 113000. The monoisotopic (exact) mass is 163 g/mol. The molecule has 9 heavy (non-hydrogen) atoms. The van der Waals surface area contributed by atoms with Crippen molar-refractivity contribution in [1.82, 2.24) is 5.53 Å². The Labute approximate surface area is 51.0 Å². The van der Waals surface area contributed by atoms with Gasteiger partial charge in [-0.2, -0.15) is 5.53 Å². The van der Waals surface area contributed by atoms with Crippen molar-refractivity contribution in [3.63, 3.8) is 0 Å². The van der Waals surface area contributed by atoms with Crippen LogP contribution in [0.15, 0.2) is 0 Å². The van der Waals surface area contributed by atoms with Crippen LogP contribution in [0, 0.1) is 0 Å². The van der Waals surface area contributed by atoms with Gasteiger partial charge in [-0.15, -0.1) is 0 Å². The van der Waals surface area contributed by atoms with Gasteiger partial charge in [-0.05, 0) is 0 Å². The van der Waals surface area contributed by atoms with Gasteiger partial charge in [0, 0.05) is 0 Å². The molecule has 0 heterocycles. The average molecular weight is 163 g/mol. The van der Waals surface area contributed by atoms with Crippen molar-refractivity contribution in [3.05, 3.63) is 0 Å². The van der Waals surface area contributed by atoms with E-state index in [0.29, 0.717) is 0 Å². The second kappa shape index (κ2) is 7.95. The van der Waals surface area contributed by atoms with Gasteiger partial charge >= 0.3 is 7.82 Å². The third-order valence-electron chi connectivity index (χ3n) is 0. The Morgan fingerprint density at radius 3 is 1.22 bits per heavy atom. The highest BCUT2D eigenvalue weighted by molar-refractivity contribution is 7.45. The minimum Gasteiger partial charge on any atom is -0.412 e. The van der Waals surface area contributed by atoms with E-state index in [2.05, 4.69) is 11.7 Å². The first-order valence-electron chi connectivity index (χ1n) is 1.36. The Bertz CT molecular complexity index is 68.0. The van der Waals surface area contributed by atoms with Crippen LogP contribution in [0.1, 0.15) is 0 Å². The molecular weight excluding hydrogens is 153 g/mol. The molecule has 0 rings (SSSR count). The third-order valence-corrected chi connectivity index (χ3v) is 0. The zero-order valence-corrected chi connectivity index (χ0v) is 5.25. The molecule has 0 aliphatic carbocycles. The zero-order chi connectivity index (χ0) is 7.21. The van der Waals surface area contributed by atoms with E-state index in [0.717, 1.165) is 0 Å². The van der Waals surface area contributed by atoms with Gasteiger partial charge in [0.15, 0.2) is 0 Å². The first kappa shape index (κ1) is 16.0. The molecule has 0 aromatic heterocycles. The molecule has 0 spiro atoms. The summed E-state index contributed by atoms with van der Waals surface area (Å²) in [7, 11) is -4.64. The van der Waals surface area contributed by atoms with Gasteiger partial charge in [0.1, 0.15) is 0 Å². The predicted octanol–water partition coefficient (Wildman–Crippen LogP) is -3.43.